The Hall–Kier alpha value is -1.55. The molecule has 0 saturated carbocycles. The van der Waals surface area contributed by atoms with Gasteiger partial charge in [0.25, 0.3) is 0 Å². The van der Waals surface area contributed by atoms with Gasteiger partial charge < -0.3 is 16.2 Å². The van der Waals surface area contributed by atoms with E-state index in [2.05, 4.69) is 5.32 Å². The van der Waals surface area contributed by atoms with Gasteiger partial charge in [0.05, 0.1) is 0 Å². The fourth-order valence-corrected chi connectivity index (χ4v) is 2.55. The molecule has 4 nitrogen and oxygen atoms in total. The van der Waals surface area contributed by atoms with E-state index in [0.29, 0.717) is 18.2 Å². The lowest BCUT2D eigenvalue weighted by atomic mass is 9.87. The molecule has 1 atom stereocenters. The molecular formula is C14H20N2O2. The summed E-state index contributed by atoms with van der Waals surface area (Å²) in [6.45, 7) is 0.800. The lowest BCUT2D eigenvalue weighted by molar-refractivity contribution is -0.118. The summed E-state index contributed by atoms with van der Waals surface area (Å²) in [5, 5.41) is 12.9. The van der Waals surface area contributed by atoms with Crippen molar-refractivity contribution in [1.29, 1.82) is 0 Å². The van der Waals surface area contributed by atoms with Crippen molar-refractivity contribution < 1.29 is 9.90 Å². The van der Waals surface area contributed by atoms with Crippen LogP contribution in [0.15, 0.2) is 18.2 Å². The number of primary amides is 1. The van der Waals surface area contributed by atoms with E-state index < -0.39 is 0 Å². The topological polar surface area (TPSA) is 75.4 Å². The van der Waals surface area contributed by atoms with Gasteiger partial charge in [-0.25, -0.2) is 0 Å². The highest BCUT2D eigenvalue weighted by Gasteiger charge is 2.19. The van der Waals surface area contributed by atoms with Crippen LogP contribution in [0.4, 0.5) is 0 Å². The zero-order chi connectivity index (χ0) is 13.0. The second kappa shape index (κ2) is 5.87. The molecule has 98 valence electrons. The molecule has 0 saturated heterocycles. The molecule has 1 unspecified atom stereocenters. The molecule has 1 aromatic carbocycles. The molecule has 0 fully saturated rings. The third-order valence-electron chi connectivity index (χ3n) is 3.43. The van der Waals surface area contributed by atoms with E-state index in [1.807, 2.05) is 12.1 Å². The van der Waals surface area contributed by atoms with Gasteiger partial charge in [0.1, 0.15) is 5.75 Å². The second-order valence-electron chi connectivity index (χ2n) is 4.85. The van der Waals surface area contributed by atoms with Crippen LogP contribution in [0.3, 0.4) is 0 Å². The Bertz CT molecular complexity index is 432. The van der Waals surface area contributed by atoms with E-state index in [-0.39, 0.29) is 5.91 Å². The van der Waals surface area contributed by atoms with Crippen LogP contribution in [0.1, 0.15) is 42.9 Å². The first kappa shape index (κ1) is 12.9. The number of benzene rings is 1. The van der Waals surface area contributed by atoms with Crippen molar-refractivity contribution in [2.45, 2.75) is 38.1 Å². The summed E-state index contributed by atoms with van der Waals surface area (Å²) in [6, 6.07) is 5.92. The van der Waals surface area contributed by atoms with E-state index in [9.17, 15) is 9.90 Å². The number of phenolic OH excluding ortho intramolecular Hbond substituents is 1. The number of hydrogen-bond donors (Lipinski definition) is 3. The predicted octanol–water partition coefficient (Wildman–Crippen LogP) is 1.62. The Morgan fingerprint density at radius 2 is 2.33 bits per heavy atom. The van der Waals surface area contributed by atoms with E-state index >= 15 is 0 Å². The summed E-state index contributed by atoms with van der Waals surface area (Å²) in [7, 11) is 0. The highest BCUT2D eigenvalue weighted by atomic mass is 16.3. The second-order valence-corrected chi connectivity index (χ2v) is 4.85. The van der Waals surface area contributed by atoms with Crippen molar-refractivity contribution in [1.82, 2.24) is 5.32 Å². The summed E-state index contributed by atoms with van der Waals surface area (Å²) in [5.74, 6) is 0.0916. The first-order valence-corrected chi connectivity index (χ1v) is 6.50. The average molecular weight is 248 g/mol. The Labute approximate surface area is 107 Å². The quantitative estimate of drug-likeness (QED) is 0.693. The fraction of sp³-hybridized carbons (Fsp3) is 0.500. The van der Waals surface area contributed by atoms with Crippen molar-refractivity contribution in [2.24, 2.45) is 5.73 Å². The molecule has 2 rings (SSSR count). The van der Waals surface area contributed by atoms with E-state index in [0.717, 1.165) is 32.2 Å². The van der Waals surface area contributed by atoms with Crippen LogP contribution in [-0.2, 0) is 11.2 Å². The molecule has 1 aliphatic carbocycles. The van der Waals surface area contributed by atoms with Gasteiger partial charge in [-0.3, -0.25) is 4.79 Å². The number of nitrogens with two attached hydrogens (primary N) is 1. The van der Waals surface area contributed by atoms with E-state index in [4.69, 9.17) is 5.73 Å². The lowest BCUT2D eigenvalue weighted by Crippen LogP contribution is -2.26. The van der Waals surface area contributed by atoms with Crippen LogP contribution in [0.25, 0.3) is 0 Å². The molecule has 0 radical (unpaired) electrons. The minimum atomic E-state index is -0.245. The highest BCUT2D eigenvalue weighted by molar-refractivity contribution is 5.73. The maximum Gasteiger partial charge on any atom is 0.217 e. The Morgan fingerprint density at radius 3 is 3.11 bits per heavy atom. The maximum atomic E-state index is 10.7. The van der Waals surface area contributed by atoms with Gasteiger partial charge in [-0.1, -0.05) is 6.07 Å². The van der Waals surface area contributed by atoms with Gasteiger partial charge in [-0.2, -0.15) is 0 Å². The lowest BCUT2D eigenvalue weighted by Gasteiger charge is -2.26. The predicted molar refractivity (Wildman–Crippen MR) is 70.2 cm³/mol. The molecule has 18 heavy (non-hydrogen) atoms. The SMILES string of the molecule is NC(=O)CCCNC1CCCc2cc(O)ccc21. The number of hydrogen-bond acceptors (Lipinski definition) is 3. The first-order valence-electron chi connectivity index (χ1n) is 6.50. The van der Waals surface area contributed by atoms with Crippen molar-refractivity contribution in [3.63, 3.8) is 0 Å². The first-order chi connectivity index (χ1) is 8.66. The van der Waals surface area contributed by atoms with Crippen molar-refractivity contribution in [2.75, 3.05) is 6.54 Å². The summed E-state index contributed by atoms with van der Waals surface area (Å²) < 4.78 is 0. The minimum absolute atomic E-state index is 0.245. The van der Waals surface area contributed by atoms with Crippen LogP contribution in [0, 0.1) is 0 Å². The normalized spacial score (nSPS) is 18.3. The van der Waals surface area contributed by atoms with E-state index in [1.165, 1.54) is 11.1 Å². The van der Waals surface area contributed by atoms with Crippen molar-refractivity contribution in [3.05, 3.63) is 29.3 Å². The third kappa shape index (κ3) is 3.23. The number of rotatable bonds is 5. The largest absolute Gasteiger partial charge is 0.508 e. The number of aryl methyl sites for hydroxylation is 1. The fourth-order valence-electron chi connectivity index (χ4n) is 2.55. The smallest absolute Gasteiger partial charge is 0.217 e. The number of carbonyl (C=O) groups is 1. The molecular weight excluding hydrogens is 228 g/mol. The van der Waals surface area contributed by atoms with Gasteiger partial charge in [0.15, 0.2) is 0 Å². The number of nitrogens with one attached hydrogen (secondary N) is 1. The summed E-state index contributed by atoms with van der Waals surface area (Å²) in [4.78, 5) is 10.7. The molecule has 0 aromatic heterocycles. The van der Waals surface area contributed by atoms with Crippen LogP contribution in [-0.4, -0.2) is 17.6 Å². The molecule has 0 bridgehead atoms. The zero-order valence-corrected chi connectivity index (χ0v) is 10.5. The number of fused-ring (bicyclic) bond motifs is 1. The van der Waals surface area contributed by atoms with Crippen LogP contribution >= 0.6 is 0 Å². The molecule has 1 aliphatic rings. The van der Waals surface area contributed by atoms with Gasteiger partial charge in [0.2, 0.25) is 5.91 Å². The van der Waals surface area contributed by atoms with Gasteiger partial charge in [-0.15, -0.1) is 0 Å². The van der Waals surface area contributed by atoms with Crippen LogP contribution < -0.4 is 11.1 Å². The average Bonchev–Trinajstić information content (AvgIpc) is 2.34. The number of amides is 1. The van der Waals surface area contributed by atoms with Gasteiger partial charge in [-0.05, 0) is 55.5 Å². The Kier molecular flexibility index (Phi) is 4.20. The number of carbonyl (C=O) groups excluding carboxylic acids is 1. The summed E-state index contributed by atoms with van der Waals surface area (Å²) >= 11 is 0. The zero-order valence-electron chi connectivity index (χ0n) is 10.5. The molecule has 4 N–H and O–H groups in total. The van der Waals surface area contributed by atoms with Crippen molar-refractivity contribution >= 4 is 5.91 Å². The summed E-state index contributed by atoms with van der Waals surface area (Å²) in [5.41, 5.74) is 7.62. The Morgan fingerprint density at radius 1 is 1.50 bits per heavy atom. The number of aromatic hydroxyl groups is 1. The van der Waals surface area contributed by atoms with Gasteiger partial charge >= 0.3 is 0 Å². The minimum Gasteiger partial charge on any atom is -0.508 e. The Balaban J connectivity index is 1.93. The van der Waals surface area contributed by atoms with E-state index in [1.54, 1.807) is 6.07 Å². The highest BCUT2D eigenvalue weighted by Crippen LogP contribution is 2.31. The molecule has 0 aliphatic heterocycles. The molecule has 1 amide bonds. The molecule has 0 heterocycles. The van der Waals surface area contributed by atoms with Crippen LogP contribution in [0.5, 0.6) is 5.75 Å². The standard InChI is InChI=1S/C14H20N2O2/c15-14(18)5-2-8-16-13-4-1-3-10-9-11(17)6-7-12(10)13/h6-7,9,13,16-17H,1-5,8H2,(H2,15,18). The third-order valence-corrected chi connectivity index (χ3v) is 3.43. The molecule has 4 heteroatoms. The number of phenols is 1. The van der Waals surface area contributed by atoms with Crippen LogP contribution in [0.2, 0.25) is 0 Å². The monoisotopic (exact) mass is 248 g/mol. The molecule has 1 aromatic rings. The maximum absolute atomic E-state index is 10.7. The van der Waals surface area contributed by atoms with Crippen molar-refractivity contribution in [3.8, 4) is 5.75 Å². The van der Waals surface area contributed by atoms with Gasteiger partial charge in [0, 0.05) is 12.5 Å². The molecule has 0 spiro atoms. The summed E-state index contributed by atoms with van der Waals surface area (Å²) in [6.07, 6.45) is 4.48.